The molecule has 10 heteroatoms. The number of amides is 2. The van der Waals surface area contributed by atoms with Gasteiger partial charge in [0.2, 0.25) is 15.9 Å². The van der Waals surface area contributed by atoms with Crippen LogP contribution in [-0.4, -0.2) is 48.0 Å². The summed E-state index contributed by atoms with van der Waals surface area (Å²) in [5.74, 6) is -0.139. The molecule has 222 valence electrons. The van der Waals surface area contributed by atoms with Gasteiger partial charge in [-0.25, -0.2) is 13.2 Å². The number of piperidine rings is 1. The van der Waals surface area contributed by atoms with Crippen LogP contribution in [0.25, 0.3) is 10.9 Å². The van der Waals surface area contributed by atoms with Crippen LogP contribution in [0, 0.1) is 13.8 Å². The minimum Gasteiger partial charge on any atom is -0.444 e. The molecule has 1 aliphatic heterocycles. The molecule has 1 unspecified atom stereocenters. The zero-order valence-electron chi connectivity index (χ0n) is 24.9. The standard InChI is InChI=1S/C31H42N4O5S/c1-21-16-24(10-11-25(21)19-33-30(37)40-31(4,5)6)18-32-29(36)23(3)35-20-22(2)27-17-26(12-13-28(27)35)41(38,39)34-14-8-7-9-15-34/h10-13,16-17,20,23H,7-9,14-15,18-19H2,1-6H3,(H,32,36)(H,33,37). The SMILES string of the molecule is Cc1cc(CNC(=O)C(C)n2cc(C)c3cc(S(=O)(=O)N4CCCCC4)ccc32)ccc1CNC(=O)OC(C)(C)C. The van der Waals surface area contributed by atoms with E-state index in [0.717, 1.165) is 52.4 Å². The number of aryl methyl sites for hydroxylation is 2. The Balaban J connectivity index is 1.40. The molecule has 0 radical (unpaired) electrons. The maximum atomic E-state index is 13.2. The first-order chi connectivity index (χ1) is 19.3. The van der Waals surface area contributed by atoms with Crippen molar-refractivity contribution in [2.75, 3.05) is 13.1 Å². The van der Waals surface area contributed by atoms with Crippen molar-refractivity contribution in [1.29, 1.82) is 0 Å². The molecule has 0 saturated carbocycles. The Morgan fingerprint density at radius 2 is 1.66 bits per heavy atom. The van der Waals surface area contributed by atoms with Crippen LogP contribution in [-0.2, 0) is 32.6 Å². The number of benzene rings is 2. The first-order valence-electron chi connectivity index (χ1n) is 14.2. The third-order valence-electron chi connectivity index (χ3n) is 7.45. The predicted molar refractivity (Wildman–Crippen MR) is 160 cm³/mol. The Morgan fingerprint density at radius 3 is 2.32 bits per heavy atom. The molecule has 1 aliphatic rings. The molecule has 1 aromatic heterocycles. The molecule has 4 rings (SSSR count). The second kappa shape index (κ2) is 12.2. The van der Waals surface area contributed by atoms with Crippen LogP contribution in [0.4, 0.5) is 4.79 Å². The summed E-state index contributed by atoms with van der Waals surface area (Å²) in [5, 5.41) is 6.62. The molecule has 1 fully saturated rings. The highest BCUT2D eigenvalue weighted by Gasteiger charge is 2.27. The monoisotopic (exact) mass is 582 g/mol. The average Bonchev–Trinajstić information content (AvgIpc) is 3.26. The fourth-order valence-corrected chi connectivity index (χ4v) is 6.69. The van der Waals surface area contributed by atoms with Crippen LogP contribution in [0.3, 0.4) is 0 Å². The Morgan fingerprint density at radius 1 is 0.951 bits per heavy atom. The maximum Gasteiger partial charge on any atom is 0.407 e. The number of ether oxygens (including phenoxy) is 1. The van der Waals surface area contributed by atoms with Crippen molar-refractivity contribution >= 4 is 32.9 Å². The molecular weight excluding hydrogens is 540 g/mol. The van der Waals surface area contributed by atoms with Gasteiger partial charge in [0.15, 0.2) is 0 Å². The lowest BCUT2D eigenvalue weighted by atomic mass is 10.0. The van der Waals surface area contributed by atoms with Gasteiger partial charge < -0.3 is 19.9 Å². The fourth-order valence-electron chi connectivity index (χ4n) is 5.15. The van der Waals surface area contributed by atoms with Gasteiger partial charge in [0.25, 0.3) is 0 Å². The van der Waals surface area contributed by atoms with Crippen molar-refractivity contribution < 1.29 is 22.7 Å². The highest BCUT2D eigenvalue weighted by molar-refractivity contribution is 7.89. The van der Waals surface area contributed by atoms with Crippen LogP contribution in [0.15, 0.2) is 47.5 Å². The Kier molecular flexibility index (Phi) is 9.13. The van der Waals surface area contributed by atoms with E-state index in [0.29, 0.717) is 31.1 Å². The lowest BCUT2D eigenvalue weighted by Crippen LogP contribution is -2.35. The molecule has 41 heavy (non-hydrogen) atoms. The van der Waals surface area contributed by atoms with Crippen LogP contribution in [0.1, 0.15) is 75.3 Å². The molecule has 0 bridgehead atoms. The topological polar surface area (TPSA) is 110 Å². The van der Waals surface area contributed by atoms with E-state index in [4.69, 9.17) is 4.74 Å². The summed E-state index contributed by atoms with van der Waals surface area (Å²) in [6, 6.07) is 10.6. The number of aromatic nitrogens is 1. The van der Waals surface area contributed by atoms with E-state index >= 15 is 0 Å². The molecule has 0 spiro atoms. The minimum atomic E-state index is -3.54. The fraction of sp³-hybridized carbons (Fsp3) is 0.484. The minimum absolute atomic E-state index is 0.139. The van der Waals surface area contributed by atoms with Gasteiger partial charge in [-0.2, -0.15) is 4.31 Å². The predicted octanol–water partition coefficient (Wildman–Crippen LogP) is 5.33. The molecule has 0 aliphatic carbocycles. The molecule has 3 aromatic rings. The maximum absolute atomic E-state index is 13.2. The number of alkyl carbamates (subject to hydrolysis) is 1. The van der Waals surface area contributed by atoms with Crippen LogP contribution >= 0.6 is 0 Å². The van der Waals surface area contributed by atoms with Gasteiger partial charge in [0.05, 0.1) is 4.90 Å². The second-order valence-electron chi connectivity index (χ2n) is 11.9. The van der Waals surface area contributed by atoms with E-state index < -0.39 is 27.8 Å². The third-order valence-corrected chi connectivity index (χ3v) is 9.34. The van der Waals surface area contributed by atoms with E-state index in [1.165, 1.54) is 0 Å². The van der Waals surface area contributed by atoms with Gasteiger partial charge in [0.1, 0.15) is 11.6 Å². The number of nitrogens with one attached hydrogen (secondary N) is 2. The lowest BCUT2D eigenvalue weighted by Gasteiger charge is -2.26. The third kappa shape index (κ3) is 7.29. The number of carbonyl (C=O) groups is 2. The Labute approximate surface area is 243 Å². The van der Waals surface area contributed by atoms with E-state index in [1.807, 2.05) is 70.5 Å². The number of hydrogen-bond donors (Lipinski definition) is 2. The second-order valence-corrected chi connectivity index (χ2v) is 13.8. The average molecular weight is 583 g/mol. The summed E-state index contributed by atoms with van der Waals surface area (Å²) in [6.45, 7) is 13.0. The summed E-state index contributed by atoms with van der Waals surface area (Å²) in [4.78, 5) is 25.4. The van der Waals surface area contributed by atoms with E-state index in [2.05, 4.69) is 10.6 Å². The summed E-state index contributed by atoms with van der Waals surface area (Å²) >= 11 is 0. The van der Waals surface area contributed by atoms with Gasteiger partial charge >= 0.3 is 6.09 Å². The number of fused-ring (bicyclic) bond motifs is 1. The zero-order chi connectivity index (χ0) is 29.9. The van der Waals surface area contributed by atoms with Gasteiger partial charge in [-0.15, -0.1) is 0 Å². The van der Waals surface area contributed by atoms with Crippen molar-refractivity contribution in [3.05, 3.63) is 64.8 Å². The van der Waals surface area contributed by atoms with Crippen LogP contribution in [0.5, 0.6) is 0 Å². The molecule has 9 nitrogen and oxygen atoms in total. The molecule has 2 heterocycles. The lowest BCUT2D eigenvalue weighted by molar-refractivity contribution is -0.123. The smallest absolute Gasteiger partial charge is 0.407 e. The largest absolute Gasteiger partial charge is 0.444 e. The molecule has 1 saturated heterocycles. The zero-order valence-corrected chi connectivity index (χ0v) is 25.7. The van der Waals surface area contributed by atoms with Crippen LogP contribution < -0.4 is 10.6 Å². The Hall–Kier alpha value is -3.37. The van der Waals surface area contributed by atoms with E-state index in [9.17, 15) is 18.0 Å². The van der Waals surface area contributed by atoms with E-state index in [-0.39, 0.29) is 5.91 Å². The van der Waals surface area contributed by atoms with Gasteiger partial charge in [0, 0.05) is 43.3 Å². The van der Waals surface area contributed by atoms with E-state index in [1.54, 1.807) is 22.5 Å². The summed E-state index contributed by atoms with van der Waals surface area (Å²) < 4.78 is 35.2. The summed E-state index contributed by atoms with van der Waals surface area (Å²) in [7, 11) is -3.54. The number of nitrogens with zero attached hydrogens (tertiary/aromatic N) is 2. The number of hydrogen-bond acceptors (Lipinski definition) is 5. The van der Waals surface area contributed by atoms with Crippen molar-refractivity contribution in [1.82, 2.24) is 19.5 Å². The molecule has 1 atom stereocenters. The van der Waals surface area contributed by atoms with Crippen molar-refractivity contribution in [3.63, 3.8) is 0 Å². The quantitative estimate of drug-likeness (QED) is 0.373. The molecular formula is C31H42N4O5S. The number of sulfonamides is 1. The van der Waals surface area contributed by atoms with Crippen molar-refractivity contribution in [2.24, 2.45) is 0 Å². The van der Waals surface area contributed by atoms with Crippen molar-refractivity contribution in [3.8, 4) is 0 Å². The van der Waals surface area contributed by atoms with Gasteiger partial charge in [-0.05, 0) is 94.8 Å². The summed E-state index contributed by atoms with van der Waals surface area (Å²) in [5.41, 5.74) is 4.10. The van der Waals surface area contributed by atoms with Crippen molar-refractivity contribution in [2.45, 2.75) is 90.4 Å². The molecule has 2 aromatic carbocycles. The van der Waals surface area contributed by atoms with Gasteiger partial charge in [-0.1, -0.05) is 24.6 Å². The first kappa shape index (κ1) is 30.6. The number of carbonyl (C=O) groups excluding carboxylic acids is 2. The number of rotatable bonds is 8. The van der Waals surface area contributed by atoms with Gasteiger partial charge in [-0.3, -0.25) is 4.79 Å². The first-order valence-corrected chi connectivity index (χ1v) is 15.6. The highest BCUT2D eigenvalue weighted by atomic mass is 32.2. The normalized spacial score (nSPS) is 15.5. The summed E-state index contributed by atoms with van der Waals surface area (Å²) in [6.07, 6.45) is 4.28. The highest BCUT2D eigenvalue weighted by Crippen LogP contribution is 2.29. The van der Waals surface area contributed by atoms with Crippen LogP contribution in [0.2, 0.25) is 0 Å². The molecule has 2 N–H and O–H groups in total. The molecule has 2 amide bonds. The Bertz CT molecular complexity index is 1530.